The van der Waals surface area contributed by atoms with Crippen LogP contribution in [0.15, 0.2) is 24.3 Å². The first-order chi connectivity index (χ1) is 14.0. The number of rotatable bonds is 5. The lowest BCUT2D eigenvalue weighted by Crippen LogP contribution is -2.39. The van der Waals surface area contributed by atoms with E-state index >= 15 is 0 Å². The lowest BCUT2D eigenvalue weighted by molar-refractivity contribution is 0.132. The highest BCUT2D eigenvalue weighted by atomic mass is 19.1. The average molecular weight is 400 g/mol. The Morgan fingerprint density at radius 2 is 1.83 bits per heavy atom. The van der Waals surface area contributed by atoms with Gasteiger partial charge in [-0.15, -0.1) is 0 Å². The Kier molecular flexibility index (Phi) is 5.90. The summed E-state index contributed by atoms with van der Waals surface area (Å²) in [6.07, 6.45) is 2.31. The van der Waals surface area contributed by atoms with Crippen LogP contribution in [0.2, 0.25) is 0 Å². The van der Waals surface area contributed by atoms with Crippen LogP contribution in [0.4, 0.5) is 10.1 Å². The second kappa shape index (κ2) is 8.57. The van der Waals surface area contributed by atoms with Gasteiger partial charge in [-0.3, -0.25) is 9.88 Å². The third-order valence-corrected chi connectivity index (χ3v) is 5.89. The summed E-state index contributed by atoms with van der Waals surface area (Å²) in [6, 6.07) is 7.46. The molecule has 5 nitrogen and oxygen atoms in total. The van der Waals surface area contributed by atoms with Gasteiger partial charge in [0.15, 0.2) is 11.5 Å². The van der Waals surface area contributed by atoms with Crippen molar-refractivity contribution < 1.29 is 13.9 Å². The quantitative estimate of drug-likeness (QED) is 0.802. The van der Waals surface area contributed by atoms with E-state index in [4.69, 9.17) is 9.47 Å². The first kappa shape index (κ1) is 20.0. The summed E-state index contributed by atoms with van der Waals surface area (Å²) >= 11 is 0. The Morgan fingerprint density at radius 1 is 1.14 bits per heavy atom. The molecule has 0 amide bonds. The minimum Gasteiger partial charge on any atom is -0.486 e. The molecule has 0 radical (unpaired) electrons. The average Bonchev–Trinajstić information content (AvgIpc) is 2.71. The Balaban J connectivity index is 1.41. The normalized spacial score (nSPS) is 20.3. The van der Waals surface area contributed by atoms with E-state index in [0.29, 0.717) is 36.2 Å². The first-order valence-corrected chi connectivity index (χ1v) is 10.5. The van der Waals surface area contributed by atoms with Crippen LogP contribution < -0.4 is 14.8 Å². The number of aryl methyl sites for hydroxylation is 2. The molecule has 1 aromatic heterocycles. The smallest absolute Gasteiger partial charge is 0.164 e. The highest BCUT2D eigenvalue weighted by molar-refractivity contribution is 5.46. The lowest BCUT2D eigenvalue weighted by Gasteiger charge is -2.37. The molecule has 2 atom stereocenters. The fourth-order valence-corrected chi connectivity index (χ4v) is 4.41. The molecule has 4 rings (SSSR count). The molecule has 1 saturated heterocycles. The van der Waals surface area contributed by atoms with Gasteiger partial charge in [-0.25, -0.2) is 4.39 Å². The van der Waals surface area contributed by atoms with Crippen LogP contribution in [0.3, 0.4) is 0 Å². The number of aromatic nitrogens is 1. The monoisotopic (exact) mass is 399 g/mol. The summed E-state index contributed by atoms with van der Waals surface area (Å²) in [4.78, 5) is 6.82. The summed E-state index contributed by atoms with van der Waals surface area (Å²) in [7, 11) is 0. The second-order valence-electron chi connectivity index (χ2n) is 8.22. The van der Waals surface area contributed by atoms with Crippen molar-refractivity contribution in [3.8, 4) is 11.5 Å². The molecule has 2 aliphatic heterocycles. The van der Waals surface area contributed by atoms with Gasteiger partial charge in [-0.1, -0.05) is 0 Å². The molecule has 2 aromatic rings. The van der Waals surface area contributed by atoms with Gasteiger partial charge in [-0.05, 0) is 64.3 Å². The molecule has 1 aromatic carbocycles. The summed E-state index contributed by atoms with van der Waals surface area (Å²) in [5.41, 5.74) is 3.86. The van der Waals surface area contributed by atoms with Crippen LogP contribution in [0.5, 0.6) is 11.5 Å². The number of ether oxygens (including phenoxy) is 2. The molecule has 1 fully saturated rings. The number of nitrogens with zero attached hydrogens (tertiary/aromatic N) is 2. The number of piperidine rings is 1. The van der Waals surface area contributed by atoms with Gasteiger partial charge >= 0.3 is 0 Å². The zero-order valence-electron chi connectivity index (χ0n) is 17.5. The summed E-state index contributed by atoms with van der Waals surface area (Å²) in [5.74, 6) is 1.47. The largest absolute Gasteiger partial charge is 0.486 e. The topological polar surface area (TPSA) is 46.6 Å². The predicted molar refractivity (Wildman–Crippen MR) is 112 cm³/mol. The molecular formula is C23H30FN3O2. The number of halogens is 1. The highest BCUT2D eigenvalue weighted by Gasteiger charge is 2.27. The molecular weight excluding hydrogens is 369 g/mol. The molecule has 0 bridgehead atoms. The fraction of sp³-hybridized carbons (Fsp3) is 0.522. The number of hydrogen-bond donors (Lipinski definition) is 1. The standard InChI is InChI=1S/C23H30FN3O2/c1-15-9-19(10-16(2)26-15)25-13-18-5-4-6-27(14-18)17(3)20-11-22-23(12-21(20)24)29-8-7-28-22/h9-12,17-18H,4-8,13-14H2,1-3H3,(H,25,26). The number of pyridine rings is 1. The molecule has 3 heterocycles. The van der Waals surface area contributed by atoms with Crippen LogP contribution in [-0.2, 0) is 0 Å². The Labute approximate surface area is 172 Å². The highest BCUT2D eigenvalue weighted by Crippen LogP contribution is 2.37. The molecule has 1 N–H and O–H groups in total. The Hall–Kier alpha value is -2.34. The van der Waals surface area contributed by atoms with E-state index in [1.54, 1.807) is 0 Å². The number of hydrogen-bond acceptors (Lipinski definition) is 5. The molecule has 0 spiro atoms. The molecule has 2 unspecified atom stereocenters. The fourth-order valence-electron chi connectivity index (χ4n) is 4.41. The number of benzene rings is 1. The van der Waals surface area contributed by atoms with E-state index in [1.807, 2.05) is 19.9 Å². The van der Waals surface area contributed by atoms with Gasteiger partial charge in [0, 0.05) is 47.8 Å². The zero-order chi connectivity index (χ0) is 20.4. The molecule has 156 valence electrons. The van der Waals surface area contributed by atoms with Crippen LogP contribution >= 0.6 is 0 Å². The number of fused-ring (bicyclic) bond motifs is 1. The summed E-state index contributed by atoms with van der Waals surface area (Å²) in [6.45, 7) is 9.95. The maximum absolute atomic E-state index is 14.7. The van der Waals surface area contributed by atoms with Gasteiger partial charge < -0.3 is 14.8 Å². The zero-order valence-corrected chi connectivity index (χ0v) is 17.5. The maximum Gasteiger partial charge on any atom is 0.164 e. The summed E-state index contributed by atoms with van der Waals surface area (Å²) in [5, 5.41) is 3.57. The summed E-state index contributed by atoms with van der Waals surface area (Å²) < 4.78 is 25.9. The Morgan fingerprint density at radius 3 is 2.55 bits per heavy atom. The Bertz CT molecular complexity index is 853. The first-order valence-electron chi connectivity index (χ1n) is 10.5. The molecule has 0 saturated carbocycles. The SMILES string of the molecule is Cc1cc(NCC2CCCN(C(C)c3cc4c(cc3F)OCCO4)C2)cc(C)n1. The maximum atomic E-state index is 14.7. The van der Waals surface area contributed by atoms with Gasteiger partial charge in [0.05, 0.1) is 0 Å². The van der Waals surface area contributed by atoms with E-state index < -0.39 is 0 Å². The number of nitrogens with one attached hydrogen (secondary N) is 1. The molecule has 6 heteroatoms. The van der Waals surface area contributed by atoms with Crippen molar-refractivity contribution in [3.05, 3.63) is 47.0 Å². The van der Waals surface area contributed by atoms with E-state index in [9.17, 15) is 4.39 Å². The van der Waals surface area contributed by atoms with Gasteiger partial charge in [0.25, 0.3) is 0 Å². The van der Waals surface area contributed by atoms with Crippen LogP contribution in [0.25, 0.3) is 0 Å². The van der Waals surface area contributed by atoms with E-state index in [0.717, 1.165) is 43.1 Å². The third kappa shape index (κ3) is 4.64. The molecule has 2 aliphatic rings. The van der Waals surface area contributed by atoms with E-state index in [1.165, 1.54) is 12.5 Å². The van der Waals surface area contributed by atoms with E-state index in [2.05, 4.69) is 34.3 Å². The van der Waals surface area contributed by atoms with Crippen molar-refractivity contribution in [2.45, 2.75) is 39.7 Å². The predicted octanol–water partition coefficient (Wildman–Crippen LogP) is 4.49. The van der Waals surface area contributed by atoms with Crippen molar-refractivity contribution >= 4 is 5.69 Å². The lowest BCUT2D eigenvalue weighted by atomic mass is 9.94. The van der Waals surface area contributed by atoms with Gasteiger partial charge in [0.2, 0.25) is 0 Å². The van der Waals surface area contributed by atoms with Crippen molar-refractivity contribution in [3.63, 3.8) is 0 Å². The van der Waals surface area contributed by atoms with Crippen molar-refractivity contribution in [2.24, 2.45) is 5.92 Å². The van der Waals surface area contributed by atoms with E-state index in [-0.39, 0.29) is 11.9 Å². The van der Waals surface area contributed by atoms with Crippen molar-refractivity contribution in [1.29, 1.82) is 0 Å². The molecule has 29 heavy (non-hydrogen) atoms. The van der Waals surface area contributed by atoms with Gasteiger partial charge in [-0.2, -0.15) is 0 Å². The number of anilines is 1. The van der Waals surface area contributed by atoms with Crippen molar-refractivity contribution in [1.82, 2.24) is 9.88 Å². The van der Waals surface area contributed by atoms with Crippen LogP contribution in [0, 0.1) is 25.6 Å². The van der Waals surface area contributed by atoms with Crippen LogP contribution in [0.1, 0.15) is 42.8 Å². The van der Waals surface area contributed by atoms with Gasteiger partial charge in [0.1, 0.15) is 19.0 Å². The minimum atomic E-state index is -0.218. The van der Waals surface area contributed by atoms with Crippen LogP contribution in [-0.4, -0.2) is 42.7 Å². The second-order valence-corrected chi connectivity index (χ2v) is 8.22. The third-order valence-electron chi connectivity index (χ3n) is 5.89. The molecule has 0 aliphatic carbocycles. The van der Waals surface area contributed by atoms with Crippen molar-refractivity contribution in [2.75, 3.05) is 38.2 Å². The number of likely N-dealkylation sites (tertiary alicyclic amines) is 1. The minimum absolute atomic E-state index is 0.000888.